The minimum atomic E-state index is -0.201. The lowest BCUT2D eigenvalue weighted by atomic mass is 10.1. The molecule has 0 aliphatic carbocycles. The molecule has 2 N–H and O–H groups in total. The van der Waals surface area contributed by atoms with Gasteiger partial charge in [-0.25, -0.2) is 0 Å². The van der Waals surface area contributed by atoms with Crippen LogP contribution in [0.25, 0.3) is 0 Å². The van der Waals surface area contributed by atoms with Gasteiger partial charge in [0.2, 0.25) is 5.91 Å². The van der Waals surface area contributed by atoms with Crippen molar-refractivity contribution in [1.82, 2.24) is 10.6 Å². The van der Waals surface area contributed by atoms with E-state index < -0.39 is 0 Å². The molecule has 2 unspecified atom stereocenters. The van der Waals surface area contributed by atoms with Crippen LogP contribution in [0.15, 0.2) is 23.1 Å². The summed E-state index contributed by atoms with van der Waals surface area (Å²) in [6.07, 6.45) is 2.14. The predicted molar refractivity (Wildman–Crippen MR) is 85.8 cm³/mol. The summed E-state index contributed by atoms with van der Waals surface area (Å²) in [6, 6.07) is 5.52. The number of nitrogens with one attached hydrogen (secondary N) is 2. The van der Waals surface area contributed by atoms with Crippen LogP contribution in [0.3, 0.4) is 0 Å². The molecule has 0 spiro atoms. The zero-order valence-electron chi connectivity index (χ0n) is 11.3. The molecular weight excluding hydrogens is 315 g/mol. The average molecular weight is 333 g/mol. The number of rotatable bonds is 4. The van der Waals surface area contributed by atoms with E-state index in [-0.39, 0.29) is 17.2 Å². The largest absolute Gasteiger partial charge is 0.351 e. The van der Waals surface area contributed by atoms with Crippen molar-refractivity contribution in [3.63, 3.8) is 0 Å². The molecule has 1 aliphatic heterocycles. The lowest BCUT2D eigenvalue weighted by Crippen LogP contribution is -2.47. The summed E-state index contributed by atoms with van der Waals surface area (Å²) >= 11 is 13.5. The van der Waals surface area contributed by atoms with Crippen LogP contribution in [-0.2, 0) is 4.79 Å². The van der Waals surface area contributed by atoms with Crippen LogP contribution < -0.4 is 10.6 Å². The van der Waals surface area contributed by atoms with Gasteiger partial charge in [-0.1, -0.05) is 23.2 Å². The average Bonchev–Trinajstić information content (AvgIpc) is 2.44. The van der Waals surface area contributed by atoms with Crippen molar-refractivity contribution in [3.05, 3.63) is 28.2 Å². The van der Waals surface area contributed by atoms with Crippen LogP contribution in [0.1, 0.15) is 19.8 Å². The Bertz CT molecular complexity index is 478. The molecule has 6 heteroatoms. The standard InChI is InChI=1S/C14H18Cl2N2OS/c1-9(14(19)18-11-3-2-6-17-8-11)20-13-7-10(15)4-5-12(13)16/h4-5,7,9,11,17H,2-3,6,8H2,1H3,(H,18,19). The summed E-state index contributed by atoms with van der Waals surface area (Å²) in [6.45, 7) is 3.77. The van der Waals surface area contributed by atoms with Crippen LogP contribution in [0.2, 0.25) is 10.0 Å². The third-order valence-corrected chi connectivity index (χ3v) is 5.05. The SMILES string of the molecule is CC(Sc1cc(Cl)ccc1Cl)C(=O)NC1CCCNC1. The minimum absolute atomic E-state index is 0.0414. The molecule has 0 radical (unpaired) electrons. The number of amides is 1. The summed E-state index contributed by atoms with van der Waals surface area (Å²) in [7, 11) is 0. The van der Waals surface area contributed by atoms with Gasteiger partial charge in [-0.2, -0.15) is 0 Å². The van der Waals surface area contributed by atoms with E-state index in [0.29, 0.717) is 10.0 Å². The summed E-state index contributed by atoms with van der Waals surface area (Å²) < 4.78 is 0. The fourth-order valence-corrected chi connectivity index (χ4v) is 3.52. The monoisotopic (exact) mass is 332 g/mol. The molecule has 0 bridgehead atoms. The van der Waals surface area contributed by atoms with E-state index in [4.69, 9.17) is 23.2 Å². The Labute approximate surface area is 133 Å². The topological polar surface area (TPSA) is 41.1 Å². The molecule has 1 fully saturated rings. The van der Waals surface area contributed by atoms with Gasteiger partial charge in [-0.05, 0) is 44.5 Å². The first-order chi connectivity index (χ1) is 9.56. The summed E-state index contributed by atoms with van der Waals surface area (Å²) in [5, 5.41) is 7.41. The van der Waals surface area contributed by atoms with Crippen LogP contribution >= 0.6 is 35.0 Å². The number of benzene rings is 1. The van der Waals surface area contributed by atoms with Crippen molar-refractivity contribution < 1.29 is 4.79 Å². The van der Waals surface area contributed by atoms with Gasteiger partial charge < -0.3 is 10.6 Å². The minimum Gasteiger partial charge on any atom is -0.351 e. The van der Waals surface area contributed by atoms with Gasteiger partial charge in [0, 0.05) is 22.5 Å². The van der Waals surface area contributed by atoms with Crippen molar-refractivity contribution in [2.75, 3.05) is 13.1 Å². The first-order valence-corrected chi connectivity index (χ1v) is 8.32. The van der Waals surface area contributed by atoms with E-state index in [0.717, 1.165) is 30.8 Å². The molecule has 0 aromatic heterocycles. The second-order valence-corrected chi connectivity index (χ2v) is 7.11. The Hall–Kier alpha value is -0.420. The van der Waals surface area contributed by atoms with Crippen molar-refractivity contribution in [1.29, 1.82) is 0 Å². The number of halogens is 2. The van der Waals surface area contributed by atoms with Crippen LogP contribution in [-0.4, -0.2) is 30.3 Å². The maximum Gasteiger partial charge on any atom is 0.233 e. The van der Waals surface area contributed by atoms with E-state index in [1.54, 1.807) is 18.2 Å². The van der Waals surface area contributed by atoms with Crippen LogP contribution in [0, 0.1) is 0 Å². The molecule has 110 valence electrons. The Morgan fingerprint density at radius 3 is 3.00 bits per heavy atom. The zero-order valence-corrected chi connectivity index (χ0v) is 13.6. The number of hydrogen-bond acceptors (Lipinski definition) is 3. The van der Waals surface area contributed by atoms with Crippen molar-refractivity contribution in [2.24, 2.45) is 0 Å². The molecule has 1 aliphatic rings. The molecule has 2 rings (SSSR count). The molecule has 1 heterocycles. The van der Waals surface area contributed by atoms with E-state index in [1.807, 2.05) is 6.92 Å². The zero-order chi connectivity index (χ0) is 14.5. The fraction of sp³-hybridized carbons (Fsp3) is 0.500. The Kier molecular flexibility index (Phi) is 6.02. The van der Waals surface area contributed by atoms with E-state index >= 15 is 0 Å². The highest BCUT2D eigenvalue weighted by Crippen LogP contribution is 2.32. The number of hydrogen-bond donors (Lipinski definition) is 2. The lowest BCUT2D eigenvalue weighted by Gasteiger charge is -2.25. The molecule has 0 saturated carbocycles. The van der Waals surface area contributed by atoms with Crippen molar-refractivity contribution in [3.8, 4) is 0 Å². The molecule has 2 atom stereocenters. The van der Waals surface area contributed by atoms with Gasteiger partial charge in [-0.15, -0.1) is 11.8 Å². The Morgan fingerprint density at radius 2 is 2.30 bits per heavy atom. The maximum absolute atomic E-state index is 12.2. The van der Waals surface area contributed by atoms with Gasteiger partial charge in [0.25, 0.3) is 0 Å². The number of carbonyl (C=O) groups is 1. The third kappa shape index (κ3) is 4.55. The number of thioether (sulfide) groups is 1. The highest BCUT2D eigenvalue weighted by Gasteiger charge is 2.20. The predicted octanol–water partition coefficient (Wildman–Crippen LogP) is 3.34. The Balaban J connectivity index is 1.91. The number of carbonyl (C=O) groups excluding carboxylic acids is 1. The quantitative estimate of drug-likeness (QED) is 0.831. The molecule has 1 aromatic carbocycles. The summed E-state index contributed by atoms with van der Waals surface area (Å²) in [5.41, 5.74) is 0. The van der Waals surface area contributed by atoms with Gasteiger partial charge in [-0.3, -0.25) is 4.79 Å². The molecular formula is C14H18Cl2N2OS. The highest BCUT2D eigenvalue weighted by molar-refractivity contribution is 8.00. The molecule has 1 amide bonds. The van der Waals surface area contributed by atoms with Gasteiger partial charge in [0.15, 0.2) is 0 Å². The smallest absolute Gasteiger partial charge is 0.233 e. The van der Waals surface area contributed by atoms with Crippen molar-refractivity contribution in [2.45, 2.75) is 36.0 Å². The van der Waals surface area contributed by atoms with Gasteiger partial charge in [0.05, 0.1) is 10.3 Å². The maximum atomic E-state index is 12.2. The third-order valence-electron chi connectivity index (χ3n) is 3.21. The summed E-state index contributed by atoms with van der Waals surface area (Å²) in [4.78, 5) is 13.0. The second-order valence-electron chi connectivity index (χ2n) is 4.89. The number of piperidine rings is 1. The van der Waals surface area contributed by atoms with E-state index in [1.165, 1.54) is 11.8 Å². The van der Waals surface area contributed by atoms with Gasteiger partial charge in [0.1, 0.15) is 0 Å². The molecule has 20 heavy (non-hydrogen) atoms. The molecule has 1 aromatic rings. The highest BCUT2D eigenvalue weighted by atomic mass is 35.5. The normalized spacial score (nSPS) is 20.4. The van der Waals surface area contributed by atoms with Crippen LogP contribution in [0.4, 0.5) is 0 Å². The first kappa shape index (κ1) is 16.0. The van der Waals surface area contributed by atoms with Gasteiger partial charge >= 0.3 is 0 Å². The lowest BCUT2D eigenvalue weighted by molar-refractivity contribution is -0.121. The Morgan fingerprint density at radius 1 is 1.50 bits per heavy atom. The molecule has 3 nitrogen and oxygen atoms in total. The summed E-state index contributed by atoms with van der Waals surface area (Å²) in [5.74, 6) is 0.0414. The first-order valence-electron chi connectivity index (χ1n) is 6.69. The fourth-order valence-electron chi connectivity index (χ4n) is 2.11. The van der Waals surface area contributed by atoms with Crippen LogP contribution in [0.5, 0.6) is 0 Å². The van der Waals surface area contributed by atoms with E-state index in [2.05, 4.69) is 10.6 Å². The van der Waals surface area contributed by atoms with E-state index in [9.17, 15) is 4.79 Å². The second kappa shape index (κ2) is 7.55. The van der Waals surface area contributed by atoms with Crippen molar-refractivity contribution >= 4 is 40.9 Å². The molecule has 1 saturated heterocycles.